The number of fused-ring (bicyclic) bond motifs is 1. The second-order valence-corrected chi connectivity index (χ2v) is 5.77. The molecule has 96 valence electrons. The van der Waals surface area contributed by atoms with E-state index in [4.69, 9.17) is 24.4 Å². The fourth-order valence-electron chi connectivity index (χ4n) is 2.78. The van der Waals surface area contributed by atoms with Crippen molar-refractivity contribution in [3.05, 3.63) is 15.7 Å². The molecule has 0 saturated heterocycles. The van der Waals surface area contributed by atoms with Gasteiger partial charge in [0, 0.05) is 6.54 Å². The van der Waals surface area contributed by atoms with Crippen LogP contribution in [-0.4, -0.2) is 19.5 Å². The summed E-state index contributed by atoms with van der Waals surface area (Å²) in [7, 11) is 0. The fraction of sp³-hybridized carbons (Fsp3) is 0.583. The summed E-state index contributed by atoms with van der Waals surface area (Å²) in [5, 5.41) is 0. The zero-order valence-corrected chi connectivity index (χ0v) is 11.7. The van der Waals surface area contributed by atoms with Crippen LogP contribution in [0.4, 0.5) is 0 Å². The zero-order valence-electron chi connectivity index (χ0n) is 10.1. The van der Waals surface area contributed by atoms with Gasteiger partial charge in [0.25, 0.3) is 0 Å². The van der Waals surface area contributed by atoms with Gasteiger partial charge >= 0.3 is 0 Å². The van der Waals surface area contributed by atoms with Gasteiger partial charge in [0.05, 0.1) is 6.33 Å². The average molecular weight is 280 g/mol. The number of aromatic nitrogens is 4. The molecule has 18 heavy (non-hydrogen) atoms. The summed E-state index contributed by atoms with van der Waals surface area (Å²) in [6.07, 6.45) is 8.32. The minimum Gasteiger partial charge on any atom is -0.341 e. The van der Waals surface area contributed by atoms with Gasteiger partial charge in [0.15, 0.2) is 10.4 Å². The van der Waals surface area contributed by atoms with E-state index in [9.17, 15) is 0 Å². The molecule has 1 saturated carbocycles. The monoisotopic (exact) mass is 280 g/mol. The van der Waals surface area contributed by atoms with Gasteiger partial charge in [-0.3, -0.25) is 0 Å². The van der Waals surface area contributed by atoms with Crippen molar-refractivity contribution in [1.29, 1.82) is 0 Å². The molecule has 0 aromatic carbocycles. The number of H-pyrrole nitrogens is 2. The van der Waals surface area contributed by atoms with Gasteiger partial charge in [-0.05, 0) is 31.0 Å². The topological polar surface area (TPSA) is 49.4 Å². The molecule has 2 aromatic rings. The SMILES string of the molecule is S=c1[nH]c(=S)n(CC2CCCCC2)c2nc[nH]c12. The van der Waals surface area contributed by atoms with Crippen LogP contribution in [0.2, 0.25) is 0 Å². The normalized spacial score (nSPS) is 17.3. The third-order valence-electron chi connectivity index (χ3n) is 3.73. The third-order valence-corrected chi connectivity index (χ3v) is 4.36. The van der Waals surface area contributed by atoms with Crippen LogP contribution in [0.15, 0.2) is 6.33 Å². The smallest absolute Gasteiger partial charge is 0.179 e. The predicted octanol–water partition coefficient (Wildman–Crippen LogP) is 3.73. The number of hydrogen-bond donors (Lipinski definition) is 2. The van der Waals surface area contributed by atoms with Crippen LogP contribution in [0.5, 0.6) is 0 Å². The van der Waals surface area contributed by atoms with Crippen LogP contribution in [-0.2, 0) is 6.54 Å². The predicted molar refractivity (Wildman–Crippen MR) is 76.7 cm³/mol. The summed E-state index contributed by atoms with van der Waals surface area (Å²) in [6, 6.07) is 0. The Bertz CT molecular complexity index is 661. The van der Waals surface area contributed by atoms with Crippen LogP contribution in [0.25, 0.3) is 11.2 Å². The molecule has 1 aliphatic carbocycles. The maximum Gasteiger partial charge on any atom is 0.179 e. The Kier molecular flexibility index (Phi) is 3.30. The second kappa shape index (κ2) is 4.93. The lowest BCUT2D eigenvalue weighted by molar-refractivity contribution is 0.319. The average Bonchev–Trinajstić information content (AvgIpc) is 2.85. The molecule has 0 amide bonds. The molecule has 6 heteroatoms. The zero-order chi connectivity index (χ0) is 12.5. The van der Waals surface area contributed by atoms with Crippen molar-refractivity contribution in [3.63, 3.8) is 0 Å². The molecule has 0 aliphatic heterocycles. The molecule has 1 aliphatic rings. The van der Waals surface area contributed by atoms with Gasteiger partial charge < -0.3 is 14.5 Å². The van der Waals surface area contributed by atoms with E-state index in [-0.39, 0.29) is 0 Å². The number of nitrogens with zero attached hydrogens (tertiary/aromatic N) is 2. The number of rotatable bonds is 2. The Morgan fingerprint density at radius 2 is 2.06 bits per heavy atom. The van der Waals surface area contributed by atoms with E-state index in [1.54, 1.807) is 6.33 Å². The van der Waals surface area contributed by atoms with Gasteiger partial charge in [0.1, 0.15) is 10.2 Å². The molecule has 0 bridgehead atoms. The largest absolute Gasteiger partial charge is 0.341 e. The van der Waals surface area contributed by atoms with Crippen LogP contribution >= 0.6 is 24.4 Å². The van der Waals surface area contributed by atoms with Gasteiger partial charge in [-0.1, -0.05) is 31.5 Å². The quantitative estimate of drug-likeness (QED) is 0.824. The Labute approximate surface area is 115 Å². The molecule has 0 unspecified atom stereocenters. The molecule has 0 radical (unpaired) electrons. The van der Waals surface area contributed by atoms with Gasteiger partial charge in [-0.25, -0.2) is 4.98 Å². The highest BCUT2D eigenvalue weighted by Gasteiger charge is 2.16. The van der Waals surface area contributed by atoms with Crippen LogP contribution < -0.4 is 0 Å². The van der Waals surface area contributed by atoms with Gasteiger partial charge in [0.2, 0.25) is 0 Å². The van der Waals surface area contributed by atoms with Gasteiger partial charge in [-0.15, -0.1) is 0 Å². The van der Waals surface area contributed by atoms with Crippen LogP contribution in [0.1, 0.15) is 32.1 Å². The Balaban J connectivity index is 2.02. The lowest BCUT2D eigenvalue weighted by Gasteiger charge is -2.22. The molecular weight excluding hydrogens is 264 g/mol. The van der Waals surface area contributed by atoms with E-state index in [0.29, 0.717) is 9.41 Å². The van der Waals surface area contributed by atoms with Gasteiger partial charge in [-0.2, -0.15) is 0 Å². The van der Waals surface area contributed by atoms with E-state index in [1.165, 1.54) is 32.1 Å². The first kappa shape index (κ1) is 12.0. The summed E-state index contributed by atoms with van der Waals surface area (Å²) in [6.45, 7) is 0.951. The van der Waals surface area contributed by atoms with Crippen molar-refractivity contribution in [1.82, 2.24) is 19.5 Å². The molecule has 4 nitrogen and oxygen atoms in total. The highest BCUT2D eigenvalue weighted by atomic mass is 32.1. The molecular formula is C12H16N4S2. The molecule has 2 aromatic heterocycles. The van der Waals surface area contributed by atoms with Crippen molar-refractivity contribution in [2.75, 3.05) is 0 Å². The maximum absolute atomic E-state index is 5.39. The molecule has 2 heterocycles. The molecule has 1 fully saturated rings. The van der Waals surface area contributed by atoms with Crippen molar-refractivity contribution in [2.24, 2.45) is 5.92 Å². The lowest BCUT2D eigenvalue weighted by atomic mass is 9.89. The highest BCUT2D eigenvalue weighted by Crippen LogP contribution is 2.26. The summed E-state index contributed by atoms with van der Waals surface area (Å²) in [4.78, 5) is 10.5. The fourth-order valence-corrected chi connectivity index (χ4v) is 3.35. The highest BCUT2D eigenvalue weighted by molar-refractivity contribution is 7.72. The Hall–Kier alpha value is -1.01. The minimum atomic E-state index is 0.646. The van der Waals surface area contributed by atoms with Crippen molar-refractivity contribution < 1.29 is 0 Å². The first-order valence-corrected chi connectivity index (χ1v) is 7.23. The number of hydrogen-bond acceptors (Lipinski definition) is 3. The van der Waals surface area contributed by atoms with Crippen LogP contribution in [0, 0.1) is 15.3 Å². The minimum absolute atomic E-state index is 0.646. The molecule has 3 rings (SSSR count). The summed E-state index contributed by atoms with van der Waals surface area (Å²) < 4.78 is 3.42. The first-order valence-electron chi connectivity index (χ1n) is 6.42. The first-order chi connectivity index (χ1) is 8.75. The lowest BCUT2D eigenvalue weighted by Crippen LogP contribution is -2.16. The molecule has 0 spiro atoms. The van der Waals surface area contributed by atoms with E-state index in [0.717, 1.165) is 23.6 Å². The number of aromatic amines is 2. The number of nitrogens with one attached hydrogen (secondary N) is 2. The number of imidazole rings is 1. The molecule has 0 atom stereocenters. The Morgan fingerprint density at radius 1 is 1.28 bits per heavy atom. The Morgan fingerprint density at radius 3 is 2.83 bits per heavy atom. The summed E-state index contributed by atoms with van der Waals surface area (Å²) in [5.41, 5.74) is 1.77. The standard InChI is InChI=1S/C12H16N4S2/c17-11-9-10(14-7-13-9)16(12(18)15-11)6-8-4-2-1-3-5-8/h7-8H,1-6H2,(H,13,14)(H,15,17,18). The third kappa shape index (κ3) is 2.14. The van der Waals surface area contributed by atoms with Crippen molar-refractivity contribution >= 4 is 35.6 Å². The van der Waals surface area contributed by atoms with Crippen molar-refractivity contribution in [2.45, 2.75) is 38.6 Å². The summed E-state index contributed by atoms with van der Waals surface area (Å²) >= 11 is 10.6. The van der Waals surface area contributed by atoms with E-state index >= 15 is 0 Å². The van der Waals surface area contributed by atoms with E-state index < -0.39 is 0 Å². The van der Waals surface area contributed by atoms with Crippen molar-refractivity contribution in [3.8, 4) is 0 Å². The van der Waals surface area contributed by atoms with E-state index in [2.05, 4.69) is 19.5 Å². The van der Waals surface area contributed by atoms with E-state index in [1.807, 2.05) is 0 Å². The molecule has 2 N–H and O–H groups in total. The summed E-state index contributed by atoms with van der Waals surface area (Å²) in [5.74, 6) is 0.717. The van der Waals surface area contributed by atoms with Crippen LogP contribution in [0.3, 0.4) is 0 Å². The maximum atomic E-state index is 5.39. The second-order valence-electron chi connectivity index (χ2n) is 4.98.